The Morgan fingerprint density at radius 2 is 2.56 bits per heavy atom. The van der Waals surface area contributed by atoms with Gasteiger partial charge in [-0.25, -0.2) is 0 Å². The van der Waals surface area contributed by atoms with Gasteiger partial charge in [-0.05, 0) is 11.1 Å². The van der Waals surface area contributed by atoms with Gasteiger partial charge in [-0.1, -0.05) is 12.1 Å². The summed E-state index contributed by atoms with van der Waals surface area (Å²) in [6.07, 6.45) is 0. The van der Waals surface area contributed by atoms with E-state index in [1.165, 1.54) is 0 Å². The predicted molar refractivity (Wildman–Crippen MR) is 40.0 cm³/mol. The summed E-state index contributed by atoms with van der Waals surface area (Å²) in [5.41, 5.74) is 5.53. The molecule has 0 saturated carbocycles. The SMILES string of the molecule is NC(CO)c1ccc[pH]1. The van der Waals surface area contributed by atoms with Gasteiger partial charge in [-0.3, -0.25) is 0 Å². The van der Waals surface area contributed by atoms with Crippen LogP contribution >= 0.6 is 8.19 Å². The van der Waals surface area contributed by atoms with Gasteiger partial charge in [0.05, 0.1) is 12.6 Å². The van der Waals surface area contributed by atoms with E-state index in [9.17, 15) is 0 Å². The lowest BCUT2D eigenvalue weighted by Gasteiger charge is -2.02. The van der Waals surface area contributed by atoms with Crippen molar-refractivity contribution in [2.24, 2.45) is 5.73 Å². The molecule has 3 N–H and O–H groups in total. The molecule has 0 fully saturated rings. The topological polar surface area (TPSA) is 46.2 Å². The Balaban J connectivity index is 2.65. The Morgan fingerprint density at radius 3 is 3.00 bits per heavy atom. The molecule has 1 aromatic rings. The fourth-order valence-electron chi connectivity index (χ4n) is 0.673. The predicted octanol–water partition coefficient (Wildman–Crippen LogP) is 0.710. The van der Waals surface area contributed by atoms with Crippen molar-refractivity contribution in [1.29, 1.82) is 0 Å². The molecule has 2 nitrogen and oxygen atoms in total. The molecular weight excluding hydrogens is 133 g/mol. The first-order valence-electron chi connectivity index (χ1n) is 2.84. The second kappa shape index (κ2) is 3.02. The summed E-state index contributed by atoms with van der Waals surface area (Å²) in [5, 5.41) is 9.76. The highest BCUT2D eigenvalue weighted by Crippen LogP contribution is 2.20. The molecule has 2 atom stereocenters. The molecular formula is C6H10NOP. The van der Waals surface area contributed by atoms with Crippen LogP contribution in [0, 0.1) is 0 Å². The fraction of sp³-hybridized carbons (Fsp3) is 0.333. The van der Waals surface area contributed by atoms with E-state index >= 15 is 0 Å². The second-order valence-electron chi connectivity index (χ2n) is 1.91. The lowest BCUT2D eigenvalue weighted by atomic mass is 10.3. The van der Waals surface area contributed by atoms with Crippen molar-refractivity contribution >= 4 is 8.19 Å². The molecule has 0 aliphatic heterocycles. The molecule has 50 valence electrons. The second-order valence-corrected chi connectivity index (χ2v) is 3.11. The smallest absolute Gasteiger partial charge is 0.0627 e. The summed E-state index contributed by atoms with van der Waals surface area (Å²) >= 11 is 0. The molecule has 0 aliphatic rings. The Hall–Kier alpha value is -0.300. The zero-order valence-corrected chi connectivity index (χ0v) is 6.04. The van der Waals surface area contributed by atoms with E-state index in [1.54, 1.807) is 0 Å². The van der Waals surface area contributed by atoms with Crippen LogP contribution < -0.4 is 5.73 Å². The van der Waals surface area contributed by atoms with E-state index in [1.807, 2.05) is 12.1 Å². The molecule has 0 saturated heterocycles. The average Bonchev–Trinajstić information content (AvgIpc) is 2.37. The van der Waals surface area contributed by atoms with Gasteiger partial charge in [0.15, 0.2) is 0 Å². The number of nitrogens with two attached hydrogens (primary N) is 1. The van der Waals surface area contributed by atoms with Crippen LogP contribution in [0.1, 0.15) is 11.3 Å². The Kier molecular flexibility index (Phi) is 2.29. The maximum Gasteiger partial charge on any atom is 0.0627 e. The number of hydrogen-bond acceptors (Lipinski definition) is 2. The van der Waals surface area contributed by atoms with Crippen LogP contribution in [0.2, 0.25) is 0 Å². The third-order valence-electron chi connectivity index (χ3n) is 1.22. The first-order chi connectivity index (χ1) is 4.34. The third-order valence-corrected chi connectivity index (χ3v) is 2.45. The van der Waals surface area contributed by atoms with Crippen LogP contribution in [0.3, 0.4) is 0 Å². The zero-order chi connectivity index (χ0) is 6.69. The van der Waals surface area contributed by atoms with E-state index < -0.39 is 0 Å². The van der Waals surface area contributed by atoms with Crippen LogP contribution in [0.5, 0.6) is 0 Å². The van der Waals surface area contributed by atoms with Crippen LogP contribution in [0.25, 0.3) is 0 Å². The normalized spacial score (nSPS) is 14.4. The molecule has 1 aromatic heterocycles. The van der Waals surface area contributed by atoms with E-state index in [0.717, 1.165) is 5.30 Å². The fourth-order valence-corrected chi connectivity index (χ4v) is 1.56. The van der Waals surface area contributed by atoms with Crippen molar-refractivity contribution < 1.29 is 5.11 Å². The van der Waals surface area contributed by atoms with E-state index in [2.05, 4.69) is 5.80 Å². The number of rotatable bonds is 2. The lowest BCUT2D eigenvalue weighted by molar-refractivity contribution is 0.269. The van der Waals surface area contributed by atoms with Gasteiger partial charge in [0.2, 0.25) is 0 Å². The summed E-state index contributed by atoms with van der Waals surface area (Å²) in [6, 6.07) is 3.81. The summed E-state index contributed by atoms with van der Waals surface area (Å²) in [4.78, 5) is 0. The molecule has 1 heterocycles. The third kappa shape index (κ3) is 1.55. The molecule has 0 aliphatic carbocycles. The number of hydrogen-bond donors (Lipinski definition) is 2. The summed E-state index contributed by atoms with van der Waals surface area (Å²) < 4.78 is 0. The van der Waals surface area contributed by atoms with Crippen molar-refractivity contribution in [2.45, 2.75) is 6.04 Å². The number of aliphatic hydroxyl groups is 1. The van der Waals surface area contributed by atoms with Gasteiger partial charge < -0.3 is 10.8 Å². The highest BCUT2D eigenvalue weighted by Gasteiger charge is 2.01. The number of aliphatic hydroxyl groups excluding tert-OH is 1. The molecule has 3 heteroatoms. The van der Waals surface area contributed by atoms with Gasteiger partial charge in [0, 0.05) is 0 Å². The van der Waals surface area contributed by atoms with Crippen molar-refractivity contribution in [3.05, 3.63) is 23.2 Å². The highest BCUT2D eigenvalue weighted by atomic mass is 31.0. The molecule has 2 unspecified atom stereocenters. The molecule has 0 spiro atoms. The minimum Gasteiger partial charge on any atom is -0.394 e. The maximum absolute atomic E-state index is 8.61. The van der Waals surface area contributed by atoms with Crippen LogP contribution in [-0.2, 0) is 0 Å². The Bertz CT molecular complexity index is 162. The first kappa shape index (κ1) is 6.81. The zero-order valence-electron chi connectivity index (χ0n) is 5.04. The molecule has 1 rings (SSSR count). The largest absolute Gasteiger partial charge is 0.394 e. The van der Waals surface area contributed by atoms with Gasteiger partial charge >= 0.3 is 0 Å². The standard InChI is InChI=1S/C6H10NOP/c7-5(4-8)6-2-1-3-9-6/h1-3,5,8-9H,4,7H2. The first-order valence-corrected chi connectivity index (χ1v) is 3.92. The van der Waals surface area contributed by atoms with Crippen LogP contribution in [-0.4, -0.2) is 11.7 Å². The molecule has 0 amide bonds. The van der Waals surface area contributed by atoms with Crippen molar-refractivity contribution in [2.75, 3.05) is 6.61 Å². The Labute approximate surface area is 55.8 Å². The lowest BCUT2D eigenvalue weighted by Crippen LogP contribution is -2.12. The molecule has 0 bridgehead atoms. The van der Waals surface area contributed by atoms with Crippen LogP contribution in [0.4, 0.5) is 0 Å². The van der Waals surface area contributed by atoms with Gasteiger partial charge in [0.25, 0.3) is 0 Å². The van der Waals surface area contributed by atoms with Crippen molar-refractivity contribution in [3.63, 3.8) is 0 Å². The average molecular weight is 143 g/mol. The van der Waals surface area contributed by atoms with Gasteiger partial charge in [-0.2, -0.15) is 0 Å². The monoisotopic (exact) mass is 143 g/mol. The highest BCUT2D eigenvalue weighted by molar-refractivity contribution is 7.30. The summed E-state index contributed by atoms with van der Waals surface area (Å²) in [6.45, 7) is 0.0561. The van der Waals surface area contributed by atoms with E-state index in [0.29, 0.717) is 8.19 Å². The quantitative estimate of drug-likeness (QED) is 0.640. The minimum absolute atomic E-state index is 0.0561. The summed E-state index contributed by atoms with van der Waals surface area (Å²) in [5.74, 6) is 2.06. The van der Waals surface area contributed by atoms with E-state index in [4.69, 9.17) is 10.8 Å². The molecule has 0 aromatic carbocycles. The molecule has 0 radical (unpaired) electrons. The van der Waals surface area contributed by atoms with Crippen molar-refractivity contribution in [3.8, 4) is 0 Å². The van der Waals surface area contributed by atoms with Crippen molar-refractivity contribution in [1.82, 2.24) is 0 Å². The summed E-state index contributed by atoms with van der Waals surface area (Å²) in [7, 11) is 0.682. The van der Waals surface area contributed by atoms with E-state index in [-0.39, 0.29) is 12.6 Å². The van der Waals surface area contributed by atoms with Gasteiger partial charge in [0.1, 0.15) is 0 Å². The Morgan fingerprint density at radius 1 is 1.78 bits per heavy atom. The minimum atomic E-state index is -0.140. The van der Waals surface area contributed by atoms with Gasteiger partial charge in [-0.15, -0.1) is 8.19 Å². The van der Waals surface area contributed by atoms with Crippen LogP contribution in [0.15, 0.2) is 17.9 Å². The maximum atomic E-state index is 8.61. The molecule has 9 heavy (non-hydrogen) atoms.